The molecule has 1 aromatic heterocycles. The van der Waals surface area contributed by atoms with Crippen molar-refractivity contribution in [2.75, 3.05) is 11.9 Å². The minimum Gasteiger partial charge on any atom is -0.452 e. The van der Waals surface area contributed by atoms with Gasteiger partial charge in [0.2, 0.25) is 0 Å². The van der Waals surface area contributed by atoms with Gasteiger partial charge in [0.05, 0.1) is 5.56 Å². The van der Waals surface area contributed by atoms with Crippen LogP contribution in [-0.4, -0.2) is 23.5 Å². The highest BCUT2D eigenvalue weighted by molar-refractivity contribution is 6.32. The van der Waals surface area contributed by atoms with Gasteiger partial charge in [-0.1, -0.05) is 17.7 Å². The van der Waals surface area contributed by atoms with Gasteiger partial charge in [-0.25, -0.2) is 18.6 Å². The standard InChI is InChI=1S/C16H13ClF2N2O3/c1-8-6-9(2)20-15(17)13(8)16(23)24-7-12(22)21-14-10(18)4-3-5-11(14)19/h3-6H,7H2,1-2H3,(H,21,22). The van der Waals surface area contributed by atoms with E-state index in [2.05, 4.69) is 4.98 Å². The lowest BCUT2D eigenvalue weighted by Gasteiger charge is -2.10. The van der Waals surface area contributed by atoms with E-state index in [4.69, 9.17) is 16.3 Å². The summed E-state index contributed by atoms with van der Waals surface area (Å²) in [6, 6.07) is 4.78. The molecule has 0 aliphatic rings. The number of rotatable bonds is 4. The van der Waals surface area contributed by atoms with Gasteiger partial charge in [-0.05, 0) is 37.6 Å². The lowest BCUT2D eigenvalue weighted by Crippen LogP contribution is -2.22. The summed E-state index contributed by atoms with van der Waals surface area (Å²) in [5, 5.41) is 1.97. The summed E-state index contributed by atoms with van der Waals surface area (Å²) < 4.78 is 31.7. The van der Waals surface area contributed by atoms with Crippen molar-refractivity contribution in [3.63, 3.8) is 0 Å². The Balaban J connectivity index is 2.03. The molecule has 0 unspecified atom stereocenters. The molecule has 1 heterocycles. The van der Waals surface area contributed by atoms with Crippen LogP contribution in [0.5, 0.6) is 0 Å². The molecule has 2 rings (SSSR count). The molecule has 1 aromatic carbocycles. The molecule has 126 valence electrons. The Hall–Kier alpha value is -2.54. The van der Waals surface area contributed by atoms with Crippen LogP contribution in [0, 0.1) is 25.5 Å². The van der Waals surface area contributed by atoms with Crippen LogP contribution >= 0.6 is 11.6 Å². The van der Waals surface area contributed by atoms with Crippen molar-refractivity contribution in [2.45, 2.75) is 13.8 Å². The number of carbonyl (C=O) groups is 2. The molecule has 0 bridgehead atoms. The predicted octanol–water partition coefficient (Wildman–Crippen LogP) is 3.43. The van der Waals surface area contributed by atoms with Gasteiger partial charge in [0.1, 0.15) is 22.5 Å². The molecule has 1 N–H and O–H groups in total. The van der Waals surface area contributed by atoms with Crippen LogP contribution < -0.4 is 5.32 Å². The van der Waals surface area contributed by atoms with Crippen molar-refractivity contribution in [1.29, 1.82) is 0 Å². The van der Waals surface area contributed by atoms with E-state index in [1.54, 1.807) is 19.9 Å². The fraction of sp³-hybridized carbons (Fsp3) is 0.188. The first-order valence-electron chi connectivity index (χ1n) is 6.84. The van der Waals surface area contributed by atoms with Gasteiger partial charge in [-0.3, -0.25) is 4.79 Å². The molecular formula is C16H13ClF2N2O3. The zero-order valence-electron chi connectivity index (χ0n) is 12.8. The molecule has 0 saturated heterocycles. The van der Waals surface area contributed by atoms with Gasteiger partial charge < -0.3 is 10.1 Å². The Labute approximate surface area is 141 Å². The third-order valence-electron chi connectivity index (χ3n) is 3.07. The predicted molar refractivity (Wildman–Crippen MR) is 84.0 cm³/mol. The van der Waals surface area contributed by atoms with Crippen molar-refractivity contribution in [3.8, 4) is 0 Å². The molecule has 2 aromatic rings. The van der Waals surface area contributed by atoms with E-state index >= 15 is 0 Å². The van der Waals surface area contributed by atoms with Crippen LogP contribution in [0.1, 0.15) is 21.6 Å². The normalized spacial score (nSPS) is 10.4. The maximum absolute atomic E-state index is 13.4. The van der Waals surface area contributed by atoms with Crippen molar-refractivity contribution >= 4 is 29.2 Å². The number of ether oxygens (including phenoxy) is 1. The molecule has 0 atom stereocenters. The largest absolute Gasteiger partial charge is 0.452 e. The van der Waals surface area contributed by atoms with E-state index in [9.17, 15) is 18.4 Å². The maximum atomic E-state index is 13.4. The number of nitrogens with one attached hydrogen (secondary N) is 1. The molecule has 0 fully saturated rings. The van der Waals surface area contributed by atoms with Crippen LogP contribution in [-0.2, 0) is 9.53 Å². The Morgan fingerprint density at radius 3 is 2.46 bits per heavy atom. The second kappa shape index (κ2) is 7.35. The van der Waals surface area contributed by atoms with Crippen LogP contribution in [0.3, 0.4) is 0 Å². The number of esters is 1. The maximum Gasteiger partial charge on any atom is 0.342 e. The smallest absolute Gasteiger partial charge is 0.342 e. The molecule has 5 nitrogen and oxygen atoms in total. The number of amides is 1. The Morgan fingerprint density at radius 1 is 1.25 bits per heavy atom. The van der Waals surface area contributed by atoms with Gasteiger partial charge in [0.25, 0.3) is 5.91 Å². The summed E-state index contributed by atoms with van der Waals surface area (Å²) in [4.78, 5) is 27.7. The van der Waals surface area contributed by atoms with Crippen molar-refractivity contribution < 1.29 is 23.1 Å². The van der Waals surface area contributed by atoms with E-state index in [1.165, 1.54) is 0 Å². The topological polar surface area (TPSA) is 68.3 Å². The third-order valence-corrected chi connectivity index (χ3v) is 3.34. The van der Waals surface area contributed by atoms with E-state index in [-0.39, 0.29) is 10.7 Å². The summed E-state index contributed by atoms with van der Waals surface area (Å²) >= 11 is 5.90. The first-order chi connectivity index (χ1) is 11.3. The lowest BCUT2D eigenvalue weighted by molar-refractivity contribution is -0.119. The summed E-state index contributed by atoms with van der Waals surface area (Å²) in [5.41, 5.74) is 0.594. The molecule has 8 heteroatoms. The highest BCUT2D eigenvalue weighted by Crippen LogP contribution is 2.20. The molecule has 0 aliphatic heterocycles. The van der Waals surface area contributed by atoms with Gasteiger partial charge in [-0.2, -0.15) is 0 Å². The first-order valence-corrected chi connectivity index (χ1v) is 7.22. The van der Waals surface area contributed by atoms with E-state index < -0.39 is 35.8 Å². The van der Waals surface area contributed by atoms with Crippen LogP contribution in [0.2, 0.25) is 5.15 Å². The van der Waals surface area contributed by atoms with Crippen molar-refractivity contribution in [3.05, 3.63) is 57.9 Å². The summed E-state index contributed by atoms with van der Waals surface area (Å²) in [5.74, 6) is -3.61. The highest BCUT2D eigenvalue weighted by Gasteiger charge is 2.19. The van der Waals surface area contributed by atoms with Crippen LogP contribution in [0.4, 0.5) is 14.5 Å². The first kappa shape index (κ1) is 17.8. The van der Waals surface area contributed by atoms with Crippen molar-refractivity contribution in [2.24, 2.45) is 0 Å². The average molecular weight is 355 g/mol. The van der Waals surface area contributed by atoms with Gasteiger partial charge in [0.15, 0.2) is 6.61 Å². The monoisotopic (exact) mass is 354 g/mol. The fourth-order valence-electron chi connectivity index (χ4n) is 2.03. The fourth-order valence-corrected chi connectivity index (χ4v) is 2.39. The zero-order valence-corrected chi connectivity index (χ0v) is 13.6. The minimum atomic E-state index is -0.934. The molecule has 0 saturated carbocycles. The van der Waals surface area contributed by atoms with Gasteiger partial charge in [-0.15, -0.1) is 0 Å². The Bertz CT molecular complexity index is 769. The zero-order chi connectivity index (χ0) is 17.9. The average Bonchev–Trinajstić information content (AvgIpc) is 2.48. The third kappa shape index (κ3) is 4.05. The molecule has 0 spiro atoms. The van der Waals surface area contributed by atoms with Gasteiger partial charge >= 0.3 is 5.97 Å². The molecule has 24 heavy (non-hydrogen) atoms. The number of aromatic nitrogens is 1. The molecule has 0 radical (unpaired) electrons. The second-order valence-electron chi connectivity index (χ2n) is 4.97. The van der Waals surface area contributed by atoms with Crippen molar-refractivity contribution in [1.82, 2.24) is 4.98 Å². The summed E-state index contributed by atoms with van der Waals surface area (Å²) in [7, 11) is 0. The second-order valence-corrected chi connectivity index (χ2v) is 5.33. The quantitative estimate of drug-likeness (QED) is 0.674. The number of hydrogen-bond acceptors (Lipinski definition) is 4. The van der Waals surface area contributed by atoms with Crippen LogP contribution in [0.25, 0.3) is 0 Å². The minimum absolute atomic E-state index is 0.0344. The Morgan fingerprint density at radius 2 is 1.88 bits per heavy atom. The number of para-hydroxylation sites is 1. The van der Waals surface area contributed by atoms with E-state index in [0.29, 0.717) is 11.3 Å². The van der Waals surface area contributed by atoms with Crippen LogP contribution in [0.15, 0.2) is 24.3 Å². The number of pyridine rings is 1. The highest BCUT2D eigenvalue weighted by atomic mass is 35.5. The number of aryl methyl sites for hydroxylation is 2. The van der Waals surface area contributed by atoms with Gasteiger partial charge in [0, 0.05) is 5.69 Å². The van der Waals surface area contributed by atoms with E-state index in [0.717, 1.165) is 18.2 Å². The molecule has 1 amide bonds. The SMILES string of the molecule is Cc1cc(C)c(C(=O)OCC(=O)Nc2c(F)cccc2F)c(Cl)n1. The number of benzene rings is 1. The summed E-state index contributed by atoms with van der Waals surface area (Å²) in [6.07, 6.45) is 0. The lowest BCUT2D eigenvalue weighted by atomic mass is 10.1. The number of anilines is 1. The number of hydrogen-bond donors (Lipinski definition) is 1. The molecule has 0 aliphatic carbocycles. The number of halogens is 3. The summed E-state index contributed by atoms with van der Waals surface area (Å²) in [6.45, 7) is 2.63. The number of nitrogens with zero attached hydrogens (tertiary/aromatic N) is 1. The molecular weight excluding hydrogens is 342 g/mol. The van der Waals surface area contributed by atoms with E-state index in [1.807, 2.05) is 5.32 Å². The number of carbonyl (C=O) groups excluding carboxylic acids is 2. The Kier molecular flexibility index (Phi) is 5.46.